The Kier molecular flexibility index (Phi) is 5.59. The van der Waals surface area contributed by atoms with Crippen molar-refractivity contribution in [2.24, 2.45) is 0 Å². The number of amides is 1. The Morgan fingerprint density at radius 1 is 1.04 bits per heavy atom. The highest BCUT2D eigenvalue weighted by Gasteiger charge is 2.19. The third-order valence-electron chi connectivity index (χ3n) is 5.17. The standard InChI is InChI=1S/C21H24ClN3O3/c1-2-24-7-9-25(10-8-24)18-5-4-16(14-17(18)22)23-21(26)15-3-6-19-20(13-15)28-12-11-27-19/h3-6,13-14H,2,7-12H2,1H3,(H,23,26). The Morgan fingerprint density at radius 3 is 2.50 bits per heavy atom. The summed E-state index contributed by atoms with van der Waals surface area (Å²) in [6.07, 6.45) is 0. The van der Waals surface area contributed by atoms with E-state index in [1.54, 1.807) is 24.3 Å². The highest BCUT2D eigenvalue weighted by Crippen LogP contribution is 2.32. The van der Waals surface area contributed by atoms with Crippen molar-refractivity contribution in [1.29, 1.82) is 0 Å². The van der Waals surface area contributed by atoms with Crippen LogP contribution in [0, 0.1) is 0 Å². The number of likely N-dealkylation sites (N-methyl/N-ethyl adjacent to an activating group) is 1. The number of carbonyl (C=O) groups is 1. The quantitative estimate of drug-likeness (QED) is 0.849. The number of hydrogen-bond donors (Lipinski definition) is 1. The fourth-order valence-corrected chi connectivity index (χ4v) is 3.83. The molecule has 2 aliphatic heterocycles. The van der Waals surface area contributed by atoms with E-state index in [0.717, 1.165) is 38.4 Å². The normalized spacial score (nSPS) is 16.7. The van der Waals surface area contributed by atoms with Gasteiger partial charge in [-0.3, -0.25) is 4.79 Å². The lowest BCUT2D eigenvalue weighted by molar-refractivity contribution is 0.102. The van der Waals surface area contributed by atoms with Crippen molar-refractivity contribution in [2.45, 2.75) is 6.92 Å². The van der Waals surface area contributed by atoms with Crippen LogP contribution in [0.1, 0.15) is 17.3 Å². The second kappa shape index (κ2) is 8.29. The van der Waals surface area contributed by atoms with Gasteiger partial charge >= 0.3 is 0 Å². The summed E-state index contributed by atoms with van der Waals surface area (Å²) in [4.78, 5) is 17.3. The van der Waals surface area contributed by atoms with E-state index in [4.69, 9.17) is 21.1 Å². The average molecular weight is 402 g/mol. The van der Waals surface area contributed by atoms with Crippen LogP contribution >= 0.6 is 11.6 Å². The number of nitrogens with zero attached hydrogens (tertiary/aromatic N) is 2. The molecule has 0 radical (unpaired) electrons. The lowest BCUT2D eigenvalue weighted by Gasteiger charge is -2.36. The van der Waals surface area contributed by atoms with Crippen LogP contribution < -0.4 is 19.7 Å². The van der Waals surface area contributed by atoms with Crippen LogP contribution in [0.2, 0.25) is 5.02 Å². The molecule has 1 fully saturated rings. The van der Waals surface area contributed by atoms with Crippen molar-refractivity contribution in [3.8, 4) is 11.5 Å². The summed E-state index contributed by atoms with van der Waals surface area (Å²) >= 11 is 6.51. The maximum absolute atomic E-state index is 12.6. The number of nitrogens with one attached hydrogen (secondary N) is 1. The van der Waals surface area contributed by atoms with Crippen LogP contribution in [-0.4, -0.2) is 56.7 Å². The Labute approximate surface area is 170 Å². The molecule has 1 saturated heterocycles. The molecule has 2 aromatic carbocycles. The fraction of sp³-hybridized carbons (Fsp3) is 0.381. The Hall–Kier alpha value is -2.44. The van der Waals surface area contributed by atoms with Gasteiger partial charge in [0, 0.05) is 37.4 Å². The first-order valence-electron chi connectivity index (χ1n) is 9.62. The molecule has 2 aromatic rings. The van der Waals surface area contributed by atoms with Crippen LogP contribution in [0.25, 0.3) is 0 Å². The predicted molar refractivity (Wildman–Crippen MR) is 111 cm³/mol. The lowest BCUT2D eigenvalue weighted by Crippen LogP contribution is -2.46. The summed E-state index contributed by atoms with van der Waals surface area (Å²) in [5.41, 5.74) is 2.19. The number of hydrogen-bond acceptors (Lipinski definition) is 5. The van der Waals surface area contributed by atoms with E-state index in [2.05, 4.69) is 22.0 Å². The van der Waals surface area contributed by atoms with Crippen molar-refractivity contribution in [1.82, 2.24) is 4.90 Å². The number of fused-ring (bicyclic) bond motifs is 1. The maximum atomic E-state index is 12.6. The zero-order valence-corrected chi connectivity index (χ0v) is 16.7. The van der Waals surface area contributed by atoms with E-state index in [9.17, 15) is 4.79 Å². The molecule has 0 aliphatic carbocycles. The van der Waals surface area contributed by atoms with Gasteiger partial charge in [-0.25, -0.2) is 0 Å². The first-order valence-corrected chi connectivity index (χ1v) is 9.99. The van der Waals surface area contributed by atoms with E-state index in [0.29, 0.717) is 41.0 Å². The molecule has 2 aliphatic rings. The first-order chi connectivity index (χ1) is 13.6. The molecule has 0 bridgehead atoms. The summed E-state index contributed by atoms with van der Waals surface area (Å²) < 4.78 is 11.0. The molecule has 4 rings (SSSR count). The van der Waals surface area contributed by atoms with Crippen molar-refractivity contribution >= 4 is 28.9 Å². The summed E-state index contributed by atoms with van der Waals surface area (Å²) in [7, 11) is 0. The second-order valence-corrected chi connectivity index (χ2v) is 7.31. The maximum Gasteiger partial charge on any atom is 0.255 e. The third kappa shape index (κ3) is 4.03. The summed E-state index contributed by atoms with van der Waals surface area (Å²) in [6, 6.07) is 10.9. The first kappa shape index (κ1) is 18.9. The van der Waals surface area contributed by atoms with E-state index >= 15 is 0 Å². The number of ether oxygens (including phenoxy) is 2. The summed E-state index contributed by atoms with van der Waals surface area (Å²) in [6.45, 7) is 8.25. The zero-order valence-electron chi connectivity index (χ0n) is 15.9. The molecule has 148 valence electrons. The molecule has 0 aromatic heterocycles. The van der Waals surface area contributed by atoms with Crippen molar-refractivity contribution in [3.63, 3.8) is 0 Å². The Bertz CT molecular complexity index is 866. The van der Waals surface area contributed by atoms with Gasteiger partial charge in [-0.15, -0.1) is 0 Å². The minimum absolute atomic E-state index is 0.211. The smallest absolute Gasteiger partial charge is 0.255 e. The SMILES string of the molecule is CCN1CCN(c2ccc(NC(=O)c3ccc4c(c3)OCCO4)cc2Cl)CC1. The number of anilines is 2. The minimum Gasteiger partial charge on any atom is -0.486 e. The topological polar surface area (TPSA) is 54.0 Å². The average Bonchev–Trinajstić information content (AvgIpc) is 2.73. The van der Waals surface area contributed by atoms with Crippen LogP contribution in [0.15, 0.2) is 36.4 Å². The number of carbonyl (C=O) groups excluding carboxylic acids is 1. The summed E-state index contributed by atoms with van der Waals surface area (Å²) in [5.74, 6) is 1.05. The minimum atomic E-state index is -0.211. The van der Waals surface area contributed by atoms with Crippen LogP contribution in [0.3, 0.4) is 0 Å². The highest BCUT2D eigenvalue weighted by molar-refractivity contribution is 6.33. The number of benzene rings is 2. The van der Waals surface area contributed by atoms with Crippen molar-refractivity contribution in [3.05, 3.63) is 47.0 Å². The van der Waals surface area contributed by atoms with Crippen LogP contribution in [-0.2, 0) is 0 Å². The molecule has 28 heavy (non-hydrogen) atoms. The van der Waals surface area contributed by atoms with Crippen LogP contribution in [0.4, 0.5) is 11.4 Å². The van der Waals surface area contributed by atoms with E-state index in [-0.39, 0.29) is 5.91 Å². The monoisotopic (exact) mass is 401 g/mol. The largest absolute Gasteiger partial charge is 0.486 e. The Morgan fingerprint density at radius 2 is 1.79 bits per heavy atom. The molecular weight excluding hydrogens is 378 g/mol. The molecule has 6 nitrogen and oxygen atoms in total. The highest BCUT2D eigenvalue weighted by atomic mass is 35.5. The van der Waals surface area contributed by atoms with Gasteiger partial charge in [0.15, 0.2) is 11.5 Å². The van der Waals surface area contributed by atoms with Gasteiger partial charge in [-0.05, 0) is 42.9 Å². The molecule has 0 atom stereocenters. The Balaban J connectivity index is 1.44. The van der Waals surface area contributed by atoms with Gasteiger partial charge in [0.25, 0.3) is 5.91 Å². The van der Waals surface area contributed by atoms with Gasteiger partial charge in [-0.1, -0.05) is 18.5 Å². The molecular formula is C21H24ClN3O3. The number of halogens is 1. The number of rotatable bonds is 4. The molecule has 1 N–H and O–H groups in total. The van der Waals surface area contributed by atoms with Gasteiger partial charge in [0.1, 0.15) is 13.2 Å². The number of piperazine rings is 1. The molecule has 2 heterocycles. The van der Waals surface area contributed by atoms with Gasteiger partial charge < -0.3 is 24.6 Å². The van der Waals surface area contributed by atoms with Gasteiger partial charge in [-0.2, -0.15) is 0 Å². The predicted octanol–water partition coefficient (Wildman–Crippen LogP) is 3.51. The van der Waals surface area contributed by atoms with Gasteiger partial charge in [0.05, 0.1) is 10.7 Å². The van der Waals surface area contributed by atoms with E-state index in [1.807, 2.05) is 12.1 Å². The molecule has 0 saturated carbocycles. The van der Waals surface area contributed by atoms with Crippen LogP contribution in [0.5, 0.6) is 11.5 Å². The van der Waals surface area contributed by atoms with Crippen molar-refractivity contribution < 1.29 is 14.3 Å². The van der Waals surface area contributed by atoms with E-state index < -0.39 is 0 Å². The second-order valence-electron chi connectivity index (χ2n) is 6.90. The molecule has 7 heteroatoms. The van der Waals surface area contributed by atoms with Gasteiger partial charge in [0.2, 0.25) is 0 Å². The summed E-state index contributed by atoms with van der Waals surface area (Å²) in [5, 5.41) is 3.55. The third-order valence-corrected chi connectivity index (χ3v) is 5.47. The van der Waals surface area contributed by atoms with E-state index in [1.165, 1.54) is 0 Å². The zero-order chi connectivity index (χ0) is 19.5. The molecule has 0 unspecified atom stereocenters. The molecule has 1 amide bonds. The lowest BCUT2D eigenvalue weighted by atomic mass is 10.1. The van der Waals surface area contributed by atoms with Crippen molar-refractivity contribution in [2.75, 3.05) is 56.2 Å². The fourth-order valence-electron chi connectivity index (χ4n) is 3.53. The molecule has 0 spiro atoms.